The Labute approximate surface area is 251 Å². The quantitative estimate of drug-likeness (QED) is 0.237. The van der Waals surface area contributed by atoms with Crippen molar-refractivity contribution >= 4 is 28.3 Å². The molecule has 226 valence electrons. The van der Waals surface area contributed by atoms with Crippen LogP contribution in [-0.2, 0) is 4.79 Å². The summed E-state index contributed by atoms with van der Waals surface area (Å²) in [6.45, 7) is 5.26. The van der Waals surface area contributed by atoms with Crippen molar-refractivity contribution in [3.8, 4) is 34.8 Å². The number of likely N-dealkylation sites (tertiary alicyclic amines) is 1. The molecule has 0 unspecified atom stereocenters. The van der Waals surface area contributed by atoms with E-state index in [2.05, 4.69) is 36.9 Å². The maximum absolute atomic E-state index is 14.9. The Hall–Kier alpha value is -5.79. The van der Waals surface area contributed by atoms with Gasteiger partial charge in [0.05, 0.1) is 37.8 Å². The van der Waals surface area contributed by atoms with Crippen molar-refractivity contribution in [2.24, 2.45) is 0 Å². The predicted octanol–water partition coefficient (Wildman–Crippen LogP) is 4.80. The van der Waals surface area contributed by atoms with Crippen LogP contribution in [0, 0.1) is 5.82 Å². The van der Waals surface area contributed by atoms with Crippen molar-refractivity contribution in [1.82, 2.24) is 34.6 Å². The predicted molar refractivity (Wildman–Crippen MR) is 159 cm³/mol. The molecule has 44 heavy (non-hydrogen) atoms. The summed E-state index contributed by atoms with van der Waals surface area (Å²) < 4.78 is 32.1. The third-order valence-electron chi connectivity index (χ3n) is 6.57. The molecule has 13 nitrogen and oxygen atoms in total. The van der Waals surface area contributed by atoms with Crippen LogP contribution in [-0.4, -0.2) is 72.9 Å². The number of hydrogen-bond donors (Lipinski definition) is 2. The third kappa shape index (κ3) is 6.81. The Morgan fingerprint density at radius 2 is 1.82 bits per heavy atom. The normalized spacial score (nSPS) is 12.3. The summed E-state index contributed by atoms with van der Waals surface area (Å²) in [4.78, 5) is 29.1. The van der Waals surface area contributed by atoms with Gasteiger partial charge in [0.1, 0.15) is 29.4 Å². The Balaban J connectivity index is 0.000000367. The number of rotatable bonds is 8. The van der Waals surface area contributed by atoms with E-state index in [1.165, 1.54) is 49.5 Å². The molecule has 1 aliphatic rings. The van der Waals surface area contributed by atoms with E-state index in [4.69, 9.17) is 14.2 Å². The maximum Gasteiger partial charge on any atom is 0.316 e. The van der Waals surface area contributed by atoms with Gasteiger partial charge in [-0.3, -0.25) is 4.79 Å². The Morgan fingerprint density at radius 3 is 2.50 bits per heavy atom. The van der Waals surface area contributed by atoms with Gasteiger partial charge in [-0.15, -0.1) is 5.10 Å². The average Bonchev–Trinajstić information content (AvgIpc) is 3.76. The highest BCUT2D eigenvalue weighted by Gasteiger charge is 2.15. The van der Waals surface area contributed by atoms with E-state index in [1.807, 2.05) is 4.90 Å². The van der Waals surface area contributed by atoms with Gasteiger partial charge in [-0.1, -0.05) is 6.58 Å². The van der Waals surface area contributed by atoms with Crippen LogP contribution in [0.3, 0.4) is 0 Å². The molecule has 2 N–H and O–H groups in total. The zero-order valence-corrected chi connectivity index (χ0v) is 24.0. The van der Waals surface area contributed by atoms with Gasteiger partial charge in [0.25, 0.3) is 0 Å². The largest absolute Gasteiger partial charge is 0.504 e. The molecule has 0 spiro atoms. The monoisotopic (exact) mass is 600 g/mol. The number of ether oxygens (including phenoxy) is 3. The minimum Gasteiger partial charge on any atom is -0.504 e. The molecule has 0 bridgehead atoms. The molecular formula is C30H29FN8O5. The van der Waals surface area contributed by atoms with Crippen LogP contribution in [0.25, 0.3) is 16.6 Å². The van der Waals surface area contributed by atoms with Crippen molar-refractivity contribution in [3.05, 3.63) is 79.8 Å². The Kier molecular flexibility index (Phi) is 9.08. The smallest absolute Gasteiger partial charge is 0.316 e. The Bertz CT molecular complexity index is 1770. The first-order chi connectivity index (χ1) is 21.4. The van der Waals surface area contributed by atoms with E-state index in [0.29, 0.717) is 22.4 Å². The molecule has 0 saturated carbocycles. The number of aromatic nitrogens is 6. The van der Waals surface area contributed by atoms with Gasteiger partial charge in [-0.2, -0.15) is 0 Å². The average molecular weight is 601 g/mol. The van der Waals surface area contributed by atoms with Gasteiger partial charge in [-0.05, 0) is 37.1 Å². The summed E-state index contributed by atoms with van der Waals surface area (Å²) in [6, 6.07) is 9.22. The molecule has 1 fully saturated rings. The van der Waals surface area contributed by atoms with E-state index < -0.39 is 5.82 Å². The highest BCUT2D eigenvalue weighted by Crippen LogP contribution is 2.34. The lowest BCUT2D eigenvalue weighted by Gasteiger charge is -2.11. The van der Waals surface area contributed by atoms with Gasteiger partial charge in [0.15, 0.2) is 11.5 Å². The molecule has 4 heterocycles. The molecule has 0 aliphatic carbocycles. The minimum atomic E-state index is -0.574. The van der Waals surface area contributed by atoms with Gasteiger partial charge < -0.3 is 29.5 Å². The third-order valence-corrected chi connectivity index (χ3v) is 6.57. The molecule has 0 atom stereocenters. The summed E-state index contributed by atoms with van der Waals surface area (Å²) in [6.07, 6.45) is 9.79. The second-order valence-corrected chi connectivity index (χ2v) is 9.40. The highest BCUT2D eigenvalue weighted by atomic mass is 19.1. The molecular weight excluding hydrogens is 571 g/mol. The van der Waals surface area contributed by atoms with Crippen LogP contribution in [0.2, 0.25) is 0 Å². The summed E-state index contributed by atoms with van der Waals surface area (Å²) in [5.41, 5.74) is 1.29. The number of aromatic hydroxyl groups is 1. The topological polar surface area (TPSA) is 150 Å². The number of anilines is 2. The number of fused-ring (bicyclic) bond motifs is 1. The lowest BCUT2D eigenvalue weighted by molar-refractivity contribution is -0.124. The lowest BCUT2D eigenvalue weighted by atomic mass is 10.2. The second kappa shape index (κ2) is 13.5. The van der Waals surface area contributed by atoms with Crippen molar-refractivity contribution in [1.29, 1.82) is 0 Å². The Morgan fingerprint density at radius 1 is 1.05 bits per heavy atom. The number of hydrogen-bond acceptors (Lipinski definition) is 11. The molecule has 1 saturated heterocycles. The van der Waals surface area contributed by atoms with Crippen molar-refractivity contribution in [2.75, 3.05) is 32.6 Å². The fraction of sp³-hybridized carbons (Fsp3) is 0.200. The molecule has 5 aromatic rings. The number of amides is 1. The fourth-order valence-electron chi connectivity index (χ4n) is 4.35. The minimum absolute atomic E-state index is 0.0764. The number of carbonyl (C=O) groups excluding carboxylic acids is 1. The van der Waals surface area contributed by atoms with E-state index in [9.17, 15) is 14.3 Å². The fourth-order valence-corrected chi connectivity index (χ4v) is 4.35. The molecule has 6 rings (SSSR count). The number of phenolic OH excluding ortho intramolecular Hbond substituents is 1. The second-order valence-electron chi connectivity index (χ2n) is 9.40. The first kappa shape index (κ1) is 29.7. The lowest BCUT2D eigenvalue weighted by Crippen LogP contribution is -2.25. The molecule has 1 amide bonds. The summed E-state index contributed by atoms with van der Waals surface area (Å²) in [5, 5.41) is 17.8. The zero-order valence-electron chi connectivity index (χ0n) is 24.0. The number of nitrogens with zero attached hydrogens (tertiary/aromatic N) is 7. The van der Waals surface area contributed by atoms with Crippen LogP contribution in [0.1, 0.15) is 12.8 Å². The van der Waals surface area contributed by atoms with Crippen LogP contribution < -0.4 is 19.5 Å². The number of phenols is 1. The number of nitrogens with one attached hydrogen (secondary N) is 1. The van der Waals surface area contributed by atoms with Gasteiger partial charge in [-0.25, -0.2) is 29.0 Å². The van der Waals surface area contributed by atoms with Crippen LogP contribution in [0.4, 0.5) is 15.9 Å². The van der Waals surface area contributed by atoms with Gasteiger partial charge in [0, 0.05) is 42.9 Å². The van der Waals surface area contributed by atoms with E-state index in [-0.39, 0.29) is 40.7 Å². The zero-order chi connectivity index (χ0) is 31.1. The van der Waals surface area contributed by atoms with Crippen molar-refractivity contribution in [3.63, 3.8) is 0 Å². The maximum atomic E-state index is 14.9. The number of carbonyl (C=O) groups is 1. The van der Waals surface area contributed by atoms with Crippen LogP contribution >= 0.6 is 0 Å². The van der Waals surface area contributed by atoms with Crippen molar-refractivity contribution in [2.45, 2.75) is 12.8 Å². The standard InChI is InChI=1S/C23H18FN7O4.C7H11NO/c1-33-20-9-18-15(8-19(20)32)22(28-12-27-18)29-17-4-3-14(7-16(17)24)35-21-5-6-31(30-21)13-10-25-23(34-2)26-11-13;1-2-7(9)8-5-3-4-6-8/h3-12,32H,1-2H3,(H,27,28,29);2H,1,3-6H2. The number of methoxy groups -OCH3 is 2. The molecule has 2 aromatic carbocycles. The van der Waals surface area contributed by atoms with Crippen LogP contribution in [0.15, 0.2) is 74.0 Å². The molecule has 1 aliphatic heterocycles. The summed E-state index contributed by atoms with van der Waals surface area (Å²) in [5.74, 6) is 0.523. The van der Waals surface area contributed by atoms with E-state index >= 15 is 0 Å². The molecule has 14 heteroatoms. The summed E-state index contributed by atoms with van der Waals surface area (Å²) >= 11 is 0. The molecule has 3 aromatic heterocycles. The molecule has 0 radical (unpaired) electrons. The first-order valence-corrected chi connectivity index (χ1v) is 13.5. The van der Waals surface area contributed by atoms with Crippen LogP contribution in [0.5, 0.6) is 29.1 Å². The van der Waals surface area contributed by atoms with E-state index in [1.54, 1.807) is 36.8 Å². The SMILES string of the molecule is C=CC(=O)N1CCCC1.COc1ncc(-n2ccc(Oc3ccc(Nc4ncnc5cc(OC)c(O)cc45)c(F)c3)n2)cn1. The van der Waals surface area contributed by atoms with E-state index in [0.717, 1.165) is 25.9 Å². The first-order valence-electron chi connectivity index (χ1n) is 13.5. The van der Waals surface area contributed by atoms with Gasteiger partial charge in [0.2, 0.25) is 11.8 Å². The van der Waals surface area contributed by atoms with Gasteiger partial charge >= 0.3 is 6.01 Å². The summed E-state index contributed by atoms with van der Waals surface area (Å²) in [7, 11) is 2.92. The number of halogens is 1. The highest BCUT2D eigenvalue weighted by molar-refractivity contribution is 5.93. The van der Waals surface area contributed by atoms with Crippen molar-refractivity contribution < 1.29 is 28.5 Å². The number of benzene rings is 2.